The Morgan fingerprint density at radius 3 is 2.64 bits per heavy atom. The number of nitrogens with one attached hydrogen (secondary N) is 1. The number of carbonyl (C=O) groups is 2. The van der Waals surface area contributed by atoms with Crippen LogP contribution in [0.1, 0.15) is 36.5 Å². The van der Waals surface area contributed by atoms with Gasteiger partial charge >= 0.3 is 0 Å². The topological polar surface area (TPSA) is 58.6 Å². The van der Waals surface area contributed by atoms with Crippen LogP contribution in [0.4, 0.5) is 0 Å². The van der Waals surface area contributed by atoms with Crippen LogP contribution >= 0.6 is 11.6 Å². The Balaban J connectivity index is 2.01. The molecule has 22 heavy (non-hydrogen) atoms. The van der Waals surface area contributed by atoms with Gasteiger partial charge in [-0.25, -0.2) is 0 Å². The summed E-state index contributed by atoms with van der Waals surface area (Å²) in [5, 5.41) is 3.49. The van der Waals surface area contributed by atoms with Gasteiger partial charge in [0, 0.05) is 30.6 Å². The van der Waals surface area contributed by atoms with E-state index >= 15 is 0 Å². The molecule has 2 rings (SSSR count). The van der Waals surface area contributed by atoms with E-state index in [9.17, 15) is 9.59 Å². The highest BCUT2D eigenvalue weighted by Gasteiger charge is 2.26. The molecule has 2 amide bonds. The molecule has 6 heteroatoms. The predicted octanol–water partition coefficient (Wildman–Crippen LogP) is 2.48. The van der Waals surface area contributed by atoms with E-state index in [4.69, 9.17) is 16.3 Å². The molecule has 0 bridgehead atoms. The maximum Gasteiger partial charge on any atom is 0.257 e. The molecule has 1 heterocycles. The third-order valence-electron chi connectivity index (χ3n) is 3.86. The van der Waals surface area contributed by atoms with Gasteiger partial charge in [-0.3, -0.25) is 9.59 Å². The average molecular weight is 325 g/mol. The number of halogens is 1. The number of methoxy groups -OCH3 is 1. The first-order chi connectivity index (χ1) is 10.5. The van der Waals surface area contributed by atoms with Gasteiger partial charge in [0.05, 0.1) is 12.7 Å². The van der Waals surface area contributed by atoms with E-state index in [0.29, 0.717) is 35.8 Å². The average Bonchev–Trinajstić information content (AvgIpc) is 2.54. The van der Waals surface area contributed by atoms with Crippen molar-refractivity contribution >= 4 is 23.4 Å². The summed E-state index contributed by atoms with van der Waals surface area (Å²) in [4.78, 5) is 25.8. The lowest BCUT2D eigenvalue weighted by Crippen LogP contribution is -2.46. The number of ether oxygens (including phenoxy) is 1. The highest BCUT2D eigenvalue weighted by Crippen LogP contribution is 2.25. The predicted molar refractivity (Wildman–Crippen MR) is 85.4 cm³/mol. The molecule has 1 aliphatic heterocycles. The summed E-state index contributed by atoms with van der Waals surface area (Å²) in [6.45, 7) is 3.06. The molecule has 0 spiro atoms. The van der Waals surface area contributed by atoms with Crippen LogP contribution in [0.3, 0.4) is 0 Å². The molecule has 0 aromatic heterocycles. The Kier molecular flexibility index (Phi) is 5.66. The number of carbonyl (C=O) groups excluding carboxylic acids is 2. The standard InChI is InChI=1S/C16H21ClN2O3/c1-3-15(20)18-12-6-8-19(9-7-12)16(21)13-10-11(17)4-5-14(13)22-2/h4-5,10,12H,3,6-9H2,1-2H3,(H,18,20). The fourth-order valence-electron chi connectivity index (χ4n) is 2.57. The van der Waals surface area contributed by atoms with Gasteiger partial charge in [0.25, 0.3) is 5.91 Å². The zero-order chi connectivity index (χ0) is 16.1. The smallest absolute Gasteiger partial charge is 0.257 e. The van der Waals surface area contributed by atoms with Crippen molar-refractivity contribution in [3.8, 4) is 5.75 Å². The molecule has 0 radical (unpaired) electrons. The second kappa shape index (κ2) is 7.49. The van der Waals surface area contributed by atoms with Crippen molar-refractivity contribution in [1.82, 2.24) is 10.2 Å². The molecule has 1 saturated heterocycles. The fraction of sp³-hybridized carbons (Fsp3) is 0.500. The number of amides is 2. The lowest BCUT2D eigenvalue weighted by atomic mass is 10.0. The molecule has 120 valence electrons. The van der Waals surface area contributed by atoms with E-state index in [1.54, 1.807) is 23.1 Å². The minimum atomic E-state index is -0.0837. The molecule has 1 aliphatic rings. The fourth-order valence-corrected chi connectivity index (χ4v) is 2.75. The van der Waals surface area contributed by atoms with Crippen LogP contribution in [0.2, 0.25) is 5.02 Å². The quantitative estimate of drug-likeness (QED) is 0.925. The van der Waals surface area contributed by atoms with E-state index in [1.807, 2.05) is 6.92 Å². The van der Waals surface area contributed by atoms with Crippen LogP contribution in [0.25, 0.3) is 0 Å². The van der Waals surface area contributed by atoms with Gasteiger partial charge in [0.2, 0.25) is 5.91 Å². The number of nitrogens with zero attached hydrogens (tertiary/aromatic N) is 1. The second-order valence-electron chi connectivity index (χ2n) is 5.33. The van der Waals surface area contributed by atoms with Gasteiger partial charge in [-0.05, 0) is 31.0 Å². The molecule has 1 fully saturated rings. The van der Waals surface area contributed by atoms with Gasteiger partial charge in [0.15, 0.2) is 0 Å². The number of likely N-dealkylation sites (tertiary alicyclic amines) is 1. The summed E-state index contributed by atoms with van der Waals surface area (Å²) >= 11 is 5.98. The monoisotopic (exact) mass is 324 g/mol. The molecule has 0 saturated carbocycles. The van der Waals surface area contributed by atoms with Crippen molar-refractivity contribution < 1.29 is 14.3 Å². The SMILES string of the molecule is CCC(=O)NC1CCN(C(=O)c2cc(Cl)ccc2OC)CC1. The normalized spacial score (nSPS) is 15.5. The van der Waals surface area contributed by atoms with E-state index in [2.05, 4.69) is 5.32 Å². The Hall–Kier alpha value is -1.75. The van der Waals surface area contributed by atoms with Crippen molar-refractivity contribution in [2.45, 2.75) is 32.2 Å². The number of hydrogen-bond acceptors (Lipinski definition) is 3. The molecule has 5 nitrogen and oxygen atoms in total. The first-order valence-electron chi connectivity index (χ1n) is 7.47. The van der Waals surface area contributed by atoms with E-state index in [0.717, 1.165) is 12.8 Å². The molecular formula is C16H21ClN2O3. The molecule has 0 aliphatic carbocycles. The van der Waals surface area contributed by atoms with Gasteiger partial charge < -0.3 is 15.0 Å². The summed E-state index contributed by atoms with van der Waals surface area (Å²) in [5.74, 6) is 0.497. The third-order valence-corrected chi connectivity index (χ3v) is 4.10. The molecular weight excluding hydrogens is 304 g/mol. The molecule has 0 atom stereocenters. The first kappa shape index (κ1) is 16.6. The van der Waals surface area contributed by atoms with E-state index in [1.165, 1.54) is 7.11 Å². The zero-order valence-corrected chi connectivity index (χ0v) is 13.7. The number of piperidine rings is 1. The van der Waals surface area contributed by atoms with Gasteiger partial charge in [-0.2, -0.15) is 0 Å². The summed E-state index contributed by atoms with van der Waals surface area (Å²) in [5.41, 5.74) is 0.478. The van der Waals surface area contributed by atoms with Crippen molar-refractivity contribution in [3.05, 3.63) is 28.8 Å². The summed E-state index contributed by atoms with van der Waals surface area (Å²) in [6.07, 6.45) is 2.01. The Morgan fingerprint density at radius 2 is 2.05 bits per heavy atom. The van der Waals surface area contributed by atoms with Crippen molar-refractivity contribution in [3.63, 3.8) is 0 Å². The molecule has 1 N–H and O–H groups in total. The number of hydrogen-bond donors (Lipinski definition) is 1. The maximum atomic E-state index is 12.6. The largest absolute Gasteiger partial charge is 0.496 e. The van der Waals surface area contributed by atoms with Crippen LogP contribution in [0, 0.1) is 0 Å². The third kappa shape index (κ3) is 3.91. The lowest BCUT2D eigenvalue weighted by Gasteiger charge is -2.32. The Labute approximate surface area is 135 Å². The van der Waals surface area contributed by atoms with Crippen LogP contribution < -0.4 is 10.1 Å². The molecule has 1 aromatic carbocycles. The van der Waals surface area contributed by atoms with Crippen molar-refractivity contribution in [2.75, 3.05) is 20.2 Å². The van der Waals surface area contributed by atoms with Crippen LogP contribution in [0.15, 0.2) is 18.2 Å². The summed E-state index contributed by atoms with van der Waals surface area (Å²) in [7, 11) is 1.53. The van der Waals surface area contributed by atoms with E-state index < -0.39 is 0 Å². The van der Waals surface area contributed by atoms with Crippen molar-refractivity contribution in [2.24, 2.45) is 0 Å². The maximum absolute atomic E-state index is 12.6. The summed E-state index contributed by atoms with van der Waals surface area (Å²) < 4.78 is 5.24. The first-order valence-corrected chi connectivity index (χ1v) is 7.85. The van der Waals surface area contributed by atoms with Crippen molar-refractivity contribution in [1.29, 1.82) is 0 Å². The van der Waals surface area contributed by atoms with Gasteiger partial charge in [0.1, 0.15) is 5.75 Å². The molecule has 1 aromatic rings. The Bertz CT molecular complexity index is 554. The molecule has 0 unspecified atom stereocenters. The van der Waals surface area contributed by atoms with Crippen LogP contribution in [-0.2, 0) is 4.79 Å². The minimum Gasteiger partial charge on any atom is -0.496 e. The summed E-state index contributed by atoms with van der Waals surface area (Å²) in [6, 6.07) is 5.18. The van der Waals surface area contributed by atoms with Crippen LogP contribution in [0.5, 0.6) is 5.75 Å². The minimum absolute atomic E-state index is 0.0567. The Morgan fingerprint density at radius 1 is 1.36 bits per heavy atom. The zero-order valence-electron chi connectivity index (χ0n) is 12.9. The van der Waals surface area contributed by atoms with Gasteiger partial charge in [-0.1, -0.05) is 18.5 Å². The second-order valence-corrected chi connectivity index (χ2v) is 5.77. The number of benzene rings is 1. The van der Waals surface area contributed by atoms with E-state index in [-0.39, 0.29) is 17.9 Å². The lowest BCUT2D eigenvalue weighted by molar-refractivity contribution is -0.121. The van der Waals surface area contributed by atoms with Crippen LogP contribution in [-0.4, -0.2) is 43.0 Å². The number of rotatable bonds is 4. The van der Waals surface area contributed by atoms with Gasteiger partial charge in [-0.15, -0.1) is 0 Å². The highest BCUT2D eigenvalue weighted by molar-refractivity contribution is 6.31. The highest BCUT2D eigenvalue weighted by atomic mass is 35.5.